The molecule has 0 saturated carbocycles. The molecular formula is C13H8Br2F2. The first-order valence-electron chi connectivity index (χ1n) is 4.92. The Morgan fingerprint density at radius 3 is 2.00 bits per heavy atom. The second-order valence-corrected chi connectivity index (χ2v) is 5.42. The van der Waals surface area contributed by atoms with Crippen LogP contribution in [0.2, 0.25) is 0 Å². The molecular weight excluding hydrogens is 354 g/mol. The first kappa shape index (κ1) is 12.7. The zero-order valence-corrected chi connectivity index (χ0v) is 11.8. The molecule has 0 amide bonds. The van der Waals surface area contributed by atoms with Crippen molar-refractivity contribution >= 4 is 31.9 Å². The van der Waals surface area contributed by atoms with E-state index in [1.165, 1.54) is 6.07 Å². The standard InChI is InChI=1S/C13H8Br2F2/c14-10-4-1-8(2-5-10)13(15)9-3-6-11(16)12(17)7-9/h1-7,13H. The molecule has 17 heavy (non-hydrogen) atoms. The quantitative estimate of drug-likeness (QED) is 0.644. The van der Waals surface area contributed by atoms with E-state index in [1.54, 1.807) is 6.07 Å². The lowest BCUT2D eigenvalue weighted by molar-refractivity contribution is 0.507. The molecule has 0 aromatic heterocycles. The summed E-state index contributed by atoms with van der Waals surface area (Å²) >= 11 is 6.82. The Bertz CT molecular complexity index is 523. The van der Waals surface area contributed by atoms with Gasteiger partial charge in [-0.05, 0) is 35.4 Å². The Kier molecular flexibility index (Phi) is 3.94. The van der Waals surface area contributed by atoms with E-state index in [-0.39, 0.29) is 4.83 Å². The fourth-order valence-corrected chi connectivity index (χ4v) is 2.35. The molecule has 0 aliphatic rings. The lowest BCUT2D eigenvalue weighted by Gasteiger charge is -2.11. The zero-order chi connectivity index (χ0) is 12.4. The number of rotatable bonds is 2. The van der Waals surface area contributed by atoms with Crippen molar-refractivity contribution in [3.05, 3.63) is 69.7 Å². The van der Waals surface area contributed by atoms with Gasteiger partial charge in [0.2, 0.25) is 0 Å². The van der Waals surface area contributed by atoms with Crippen LogP contribution < -0.4 is 0 Å². The van der Waals surface area contributed by atoms with Gasteiger partial charge in [0.1, 0.15) is 0 Å². The summed E-state index contributed by atoms with van der Waals surface area (Å²) in [6.07, 6.45) is 0. The molecule has 0 fully saturated rings. The van der Waals surface area contributed by atoms with Crippen molar-refractivity contribution in [2.24, 2.45) is 0 Å². The minimum Gasteiger partial charge on any atom is -0.204 e. The van der Waals surface area contributed by atoms with Crippen LogP contribution in [0, 0.1) is 11.6 Å². The molecule has 0 aliphatic heterocycles. The Labute approximate surface area is 115 Å². The van der Waals surface area contributed by atoms with E-state index in [1.807, 2.05) is 24.3 Å². The van der Waals surface area contributed by atoms with Crippen molar-refractivity contribution in [1.29, 1.82) is 0 Å². The number of alkyl halides is 1. The summed E-state index contributed by atoms with van der Waals surface area (Å²) in [4.78, 5) is -0.148. The lowest BCUT2D eigenvalue weighted by atomic mass is 10.0. The normalized spacial score (nSPS) is 12.5. The summed E-state index contributed by atoms with van der Waals surface area (Å²) in [5, 5.41) is 0. The van der Waals surface area contributed by atoms with Gasteiger partial charge in [0.05, 0.1) is 4.83 Å². The number of benzene rings is 2. The Morgan fingerprint density at radius 2 is 1.41 bits per heavy atom. The number of hydrogen-bond acceptors (Lipinski definition) is 0. The van der Waals surface area contributed by atoms with E-state index in [2.05, 4.69) is 31.9 Å². The highest BCUT2D eigenvalue weighted by Crippen LogP contribution is 2.32. The van der Waals surface area contributed by atoms with Crippen LogP contribution in [0.15, 0.2) is 46.9 Å². The number of hydrogen-bond donors (Lipinski definition) is 0. The maximum atomic E-state index is 13.1. The van der Waals surface area contributed by atoms with Crippen molar-refractivity contribution in [3.8, 4) is 0 Å². The molecule has 0 nitrogen and oxygen atoms in total. The van der Waals surface area contributed by atoms with E-state index < -0.39 is 11.6 Å². The van der Waals surface area contributed by atoms with Crippen molar-refractivity contribution in [2.75, 3.05) is 0 Å². The van der Waals surface area contributed by atoms with Gasteiger partial charge in [0.15, 0.2) is 11.6 Å². The molecule has 2 aromatic rings. The topological polar surface area (TPSA) is 0 Å². The highest BCUT2D eigenvalue weighted by Gasteiger charge is 2.12. The molecule has 0 N–H and O–H groups in total. The molecule has 1 unspecified atom stereocenters. The summed E-state index contributed by atoms with van der Waals surface area (Å²) in [5.41, 5.74) is 1.67. The van der Waals surface area contributed by atoms with Crippen LogP contribution in [0.4, 0.5) is 8.78 Å². The molecule has 0 bridgehead atoms. The average Bonchev–Trinajstić information content (AvgIpc) is 2.33. The van der Waals surface area contributed by atoms with E-state index in [0.29, 0.717) is 5.56 Å². The Morgan fingerprint density at radius 1 is 0.824 bits per heavy atom. The van der Waals surface area contributed by atoms with Gasteiger partial charge in [0, 0.05) is 4.47 Å². The molecule has 88 valence electrons. The zero-order valence-electron chi connectivity index (χ0n) is 8.63. The predicted octanol–water partition coefficient (Wildman–Crippen LogP) is 5.21. The minimum atomic E-state index is -0.830. The van der Waals surface area contributed by atoms with Crippen LogP contribution in [0.1, 0.15) is 16.0 Å². The van der Waals surface area contributed by atoms with Gasteiger partial charge in [-0.25, -0.2) is 8.78 Å². The van der Waals surface area contributed by atoms with Gasteiger partial charge in [-0.2, -0.15) is 0 Å². The van der Waals surface area contributed by atoms with Gasteiger partial charge in [-0.15, -0.1) is 0 Å². The van der Waals surface area contributed by atoms with Crippen molar-refractivity contribution in [3.63, 3.8) is 0 Å². The molecule has 0 radical (unpaired) electrons. The summed E-state index contributed by atoms with van der Waals surface area (Å²) in [5.74, 6) is -1.66. The van der Waals surface area contributed by atoms with E-state index >= 15 is 0 Å². The van der Waals surface area contributed by atoms with Crippen LogP contribution in [-0.4, -0.2) is 0 Å². The predicted molar refractivity (Wildman–Crippen MR) is 71.3 cm³/mol. The third kappa shape index (κ3) is 2.93. The van der Waals surface area contributed by atoms with Gasteiger partial charge >= 0.3 is 0 Å². The molecule has 4 heteroatoms. The van der Waals surface area contributed by atoms with E-state index in [4.69, 9.17) is 0 Å². The first-order chi connectivity index (χ1) is 8.08. The molecule has 0 aliphatic carbocycles. The average molecular weight is 362 g/mol. The molecule has 0 saturated heterocycles. The largest absolute Gasteiger partial charge is 0.204 e. The van der Waals surface area contributed by atoms with Gasteiger partial charge in [0.25, 0.3) is 0 Å². The Balaban J connectivity index is 2.33. The summed E-state index contributed by atoms with van der Waals surface area (Å²) in [7, 11) is 0. The fourth-order valence-electron chi connectivity index (χ4n) is 1.49. The van der Waals surface area contributed by atoms with Gasteiger partial charge in [-0.3, -0.25) is 0 Å². The van der Waals surface area contributed by atoms with Crippen molar-refractivity contribution in [2.45, 2.75) is 4.83 Å². The fraction of sp³-hybridized carbons (Fsp3) is 0.0769. The number of halogens is 4. The maximum Gasteiger partial charge on any atom is 0.159 e. The summed E-state index contributed by atoms with van der Waals surface area (Å²) in [6.45, 7) is 0. The van der Waals surface area contributed by atoms with Crippen molar-refractivity contribution < 1.29 is 8.78 Å². The minimum absolute atomic E-state index is 0.148. The molecule has 2 aromatic carbocycles. The summed E-state index contributed by atoms with van der Waals surface area (Å²) < 4.78 is 26.9. The summed E-state index contributed by atoms with van der Waals surface area (Å²) in [6, 6.07) is 11.6. The molecule has 1 atom stereocenters. The SMILES string of the molecule is Fc1ccc(C(Br)c2ccc(Br)cc2)cc1F. The molecule has 0 spiro atoms. The van der Waals surface area contributed by atoms with Crippen LogP contribution in [0.3, 0.4) is 0 Å². The second-order valence-electron chi connectivity index (χ2n) is 3.59. The Hall–Kier alpha value is -0.740. The van der Waals surface area contributed by atoms with Gasteiger partial charge in [-0.1, -0.05) is 50.1 Å². The van der Waals surface area contributed by atoms with Crippen LogP contribution >= 0.6 is 31.9 Å². The first-order valence-corrected chi connectivity index (χ1v) is 6.63. The smallest absolute Gasteiger partial charge is 0.159 e. The highest BCUT2D eigenvalue weighted by molar-refractivity contribution is 9.10. The monoisotopic (exact) mass is 360 g/mol. The van der Waals surface area contributed by atoms with Crippen LogP contribution in [0.5, 0.6) is 0 Å². The maximum absolute atomic E-state index is 13.1. The van der Waals surface area contributed by atoms with Crippen LogP contribution in [0.25, 0.3) is 0 Å². The van der Waals surface area contributed by atoms with Crippen LogP contribution in [-0.2, 0) is 0 Å². The van der Waals surface area contributed by atoms with Crippen molar-refractivity contribution in [1.82, 2.24) is 0 Å². The second kappa shape index (κ2) is 5.27. The third-order valence-corrected chi connectivity index (χ3v) is 3.98. The highest BCUT2D eigenvalue weighted by atomic mass is 79.9. The van der Waals surface area contributed by atoms with E-state index in [9.17, 15) is 8.78 Å². The lowest BCUT2D eigenvalue weighted by Crippen LogP contribution is -1.95. The third-order valence-electron chi connectivity index (χ3n) is 2.40. The molecule has 0 heterocycles. The van der Waals surface area contributed by atoms with E-state index in [0.717, 1.165) is 16.1 Å². The van der Waals surface area contributed by atoms with Gasteiger partial charge < -0.3 is 0 Å². The molecule has 2 rings (SSSR count).